The number of anilines is 1. The topological polar surface area (TPSA) is 62.7 Å². The lowest BCUT2D eigenvalue weighted by atomic mass is 9.98. The number of methoxy groups -OCH3 is 1. The number of halogens is 1. The predicted molar refractivity (Wildman–Crippen MR) is 103 cm³/mol. The van der Waals surface area contributed by atoms with Crippen LogP contribution in [0.2, 0.25) is 5.02 Å². The van der Waals surface area contributed by atoms with Crippen LogP contribution < -0.4 is 10.6 Å². The Hall–Kier alpha value is -3.23. The molecule has 1 aliphatic heterocycles. The molecule has 26 heavy (non-hydrogen) atoms. The molecule has 0 aliphatic carbocycles. The summed E-state index contributed by atoms with van der Waals surface area (Å²) in [6.07, 6.45) is 6.96. The van der Waals surface area contributed by atoms with Crippen LogP contribution in [0.15, 0.2) is 59.5 Å². The Labute approximate surface area is 156 Å². The predicted octanol–water partition coefficient (Wildman–Crippen LogP) is 3.41. The monoisotopic (exact) mass is 365 g/mol. The van der Waals surface area contributed by atoms with Gasteiger partial charge in [-0.1, -0.05) is 35.7 Å². The van der Waals surface area contributed by atoms with Gasteiger partial charge in [0.25, 0.3) is 0 Å². The van der Waals surface area contributed by atoms with Crippen molar-refractivity contribution in [3.63, 3.8) is 0 Å². The highest BCUT2D eigenvalue weighted by Gasteiger charge is 2.19. The summed E-state index contributed by atoms with van der Waals surface area (Å²) >= 11 is 6.37. The van der Waals surface area contributed by atoms with Gasteiger partial charge in [-0.25, -0.2) is 4.79 Å². The van der Waals surface area contributed by atoms with E-state index in [1.54, 1.807) is 30.5 Å². The summed E-state index contributed by atoms with van der Waals surface area (Å²) < 4.78 is 4.82. The lowest BCUT2D eigenvalue weighted by Gasteiger charge is -2.15. The summed E-state index contributed by atoms with van der Waals surface area (Å²) in [5.41, 5.74) is 3.32. The van der Waals surface area contributed by atoms with Gasteiger partial charge < -0.3 is 15.4 Å². The number of fused-ring (bicyclic) bond motifs is 1. The Morgan fingerprint density at radius 3 is 2.85 bits per heavy atom. The molecule has 2 aromatic rings. The average molecular weight is 366 g/mol. The zero-order valence-corrected chi connectivity index (χ0v) is 14.8. The van der Waals surface area contributed by atoms with Gasteiger partial charge in [-0.05, 0) is 24.3 Å². The fourth-order valence-electron chi connectivity index (χ4n) is 2.57. The van der Waals surface area contributed by atoms with E-state index < -0.39 is 5.97 Å². The molecule has 3 rings (SSSR count). The van der Waals surface area contributed by atoms with Crippen LogP contribution in [0.1, 0.15) is 21.5 Å². The number of benzene rings is 2. The fourth-order valence-corrected chi connectivity index (χ4v) is 2.80. The number of rotatable bonds is 4. The number of nitrogens with zero attached hydrogens (tertiary/aromatic N) is 1. The van der Waals surface area contributed by atoms with Crippen LogP contribution in [0.25, 0.3) is 0 Å². The van der Waals surface area contributed by atoms with Gasteiger partial charge in [0.15, 0.2) is 0 Å². The van der Waals surface area contributed by atoms with Crippen molar-refractivity contribution in [3.8, 4) is 12.3 Å². The van der Waals surface area contributed by atoms with Gasteiger partial charge in [-0.2, -0.15) is 0 Å². The van der Waals surface area contributed by atoms with E-state index in [0.29, 0.717) is 28.7 Å². The van der Waals surface area contributed by atoms with Gasteiger partial charge in [0.1, 0.15) is 5.82 Å². The van der Waals surface area contributed by atoms with Crippen LogP contribution in [-0.4, -0.2) is 25.3 Å². The number of carbonyl (C=O) groups is 1. The second-order valence-electron chi connectivity index (χ2n) is 5.43. The van der Waals surface area contributed by atoms with Crippen molar-refractivity contribution in [3.05, 3.63) is 76.2 Å². The SMILES string of the molecule is C#CCNC1=CN=C(c2ccccc2Cl)c2cc(C(=O)OC)ccc2N1. The standard InChI is InChI=1S/C20H16ClN3O2/c1-3-10-22-18-12-23-19(14-6-4-5-7-16(14)21)15-11-13(20(25)26-2)8-9-17(15)24-18/h1,4-9,11-12,22,24H,10H2,2H3. The summed E-state index contributed by atoms with van der Waals surface area (Å²) in [6.45, 7) is 0.353. The van der Waals surface area contributed by atoms with Crippen LogP contribution in [0, 0.1) is 12.3 Å². The molecule has 0 fully saturated rings. The Morgan fingerprint density at radius 2 is 2.12 bits per heavy atom. The highest BCUT2D eigenvalue weighted by Crippen LogP contribution is 2.28. The van der Waals surface area contributed by atoms with Crippen molar-refractivity contribution in [1.82, 2.24) is 5.32 Å². The minimum atomic E-state index is -0.422. The molecular weight excluding hydrogens is 350 g/mol. The van der Waals surface area contributed by atoms with Crippen LogP contribution in [0.3, 0.4) is 0 Å². The fraction of sp³-hybridized carbons (Fsp3) is 0.100. The Morgan fingerprint density at radius 1 is 1.31 bits per heavy atom. The van der Waals surface area contributed by atoms with E-state index in [2.05, 4.69) is 21.5 Å². The minimum absolute atomic E-state index is 0.353. The third-order valence-electron chi connectivity index (χ3n) is 3.80. The summed E-state index contributed by atoms with van der Waals surface area (Å²) in [5, 5.41) is 6.88. The van der Waals surface area contributed by atoms with Crippen LogP contribution in [-0.2, 0) is 4.74 Å². The Bertz CT molecular complexity index is 958. The van der Waals surface area contributed by atoms with Crippen molar-refractivity contribution in [2.75, 3.05) is 19.0 Å². The lowest BCUT2D eigenvalue weighted by molar-refractivity contribution is 0.0600. The lowest BCUT2D eigenvalue weighted by Crippen LogP contribution is -2.20. The Balaban J connectivity index is 2.15. The highest BCUT2D eigenvalue weighted by molar-refractivity contribution is 6.36. The van der Waals surface area contributed by atoms with Crippen LogP contribution in [0.5, 0.6) is 0 Å². The number of terminal acetylenes is 1. The first kappa shape index (κ1) is 17.6. The van der Waals surface area contributed by atoms with E-state index in [1.165, 1.54) is 7.11 Å². The molecule has 6 heteroatoms. The van der Waals surface area contributed by atoms with E-state index in [4.69, 9.17) is 22.8 Å². The van der Waals surface area contributed by atoms with Crippen molar-refractivity contribution in [1.29, 1.82) is 0 Å². The summed E-state index contributed by atoms with van der Waals surface area (Å²) in [4.78, 5) is 16.5. The maximum absolute atomic E-state index is 11.9. The third kappa shape index (κ3) is 3.56. The summed E-state index contributed by atoms with van der Waals surface area (Å²) in [5.74, 6) is 2.75. The number of esters is 1. The van der Waals surface area contributed by atoms with Gasteiger partial charge >= 0.3 is 5.97 Å². The molecule has 0 amide bonds. The summed E-state index contributed by atoms with van der Waals surface area (Å²) in [6, 6.07) is 12.6. The zero-order chi connectivity index (χ0) is 18.5. The molecule has 1 heterocycles. The number of hydrogen-bond acceptors (Lipinski definition) is 5. The number of carbonyl (C=O) groups excluding carboxylic acids is 1. The maximum Gasteiger partial charge on any atom is 0.337 e. The molecule has 0 saturated heterocycles. The Kier molecular flexibility index (Phi) is 5.26. The van der Waals surface area contributed by atoms with Gasteiger partial charge in [-0.3, -0.25) is 4.99 Å². The summed E-state index contributed by atoms with van der Waals surface area (Å²) in [7, 11) is 1.35. The van der Waals surface area contributed by atoms with Gasteiger partial charge in [0.2, 0.25) is 0 Å². The molecule has 0 spiro atoms. The smallest absolute Gasteiger partial charge is 0.337 e. The molecule has 0 atom stereocenters. The van der Waals surface area contributed by atoms with Gasteiger partial charge in [0.05, 0.1) is 31.1 Å². The van der Waals surface area contributed by atoms with E-state index in [-0.39, 0.29) is 0 Å². The molecular formula is C20H16ClN3O2. The van der Waals surface area contributed by atoms with Crippen LogP contribution >= 0.6 is 11.6 Å². The van der Waals surface area contributed by atoms with Crippen molar-refractivity contribution < 1.29 is 9.53 Å². The van der Waals surface area contributed by atoms with Gasteiger partial charge in [-0.15, -0.1) is 6.42 Å². The molecule has 0 saturated carbocycles. The van der Waals surface area contributed by atoms with Crippen molar-refractivity contribution in [2.24, 2.45) is 4.99 Å². The molecule has 2 N–H and O–H groups in total. The van der Waals surface area contributed by atoms with E-state index >= 15 is 0 Å². The number of aliphatic imine (C=N–C) groups is 1. The van der Waals surface area contributed by atoms with Crippen molar-refractivity contribution >= 4 is 29.0 Å². The van der Waals surface area contributed by atoms with E-state index in [9.17, 15) is 4.79 Å². The number of hydrogen-bond donors (Lipinski definition) is 2. The maximum atomic E-state index is 11.9. The molecule has 2 aromatic carbocycles. The highest BCUT2D eigenvalue weighted by atomic mass is 35.5. The first-order valence-corrected chi connectivity index (χ1v) is 8.22. The average Bonchev–Trinajstić information content (AvgIpc) is 2.85. The molecule has 130 valence electrons. The van der Waals surface area contributed by atoms with E-state index in [1.807, 2.05) is 18.2 Å². The number of nitrogens with one attached hydrogen (secondary N) is 2. The van der Waals surface area contributed by atoms with Crippen LogP contribution in [0.4, 0.5) is 5.69 Å². The molecule has 0 aromatic heterocycles. The molecule has 0 bridgehead atoms. The first-order valence-electron chi connectivity index (χ1n) is 7.84. The molecule has 1 aliphatic rings. The van der Waals surface area contributed by atoms with Gasteiger partial charge in [0, 0.05) is 21.8 Å². The molecule has 5 nitrogen and oxygen atoms in total. The third-order valence-corrected chi connectivity index (χ3v) is 4.13. The zero-order valence-electron chi connectivity index (χ0n) is 14.0. The quantitative estimate of drug-likeness (QED) is 0.644. The number of ether oxygens (including phenoxy) is 1. The second kappa shape index (κ2) is 7.77. The first-order chi connectivity index (χ1) is 12.6. The molecule has 0 unspecified atom stereocenters. The van der Waals surface area contributed by atoms with Crippen molar-refractivity contribution in [2.45, 2.75) is 0 Å². The van der Waals surface area contributed by atoms with E-state index in [0.717, 1.165) is 16.8 Å². The second-order valence-corrected chi connectivity index (χ2v) is 5.84. The molecule has 0 radical (unpaired) electrons. The minimum Gasteiger partial charge on any atom is -0.465 e. The largest absolute Gasteiger partial charge is 0.465 e. The normalized spacial score (nSPS) is 12.5.